The molecule has 84 valence electrons. The fraction of sp³-hybridized carbons (Fsp3) is 0.182. The molecule has 0 bridgehead atoms. The van der Waals surface area contributed by atoms with Gasteiger partial charge in [0.2, 0.25) is 0 Å². The number of carbonyl (C=O) groups excluding carboxylic acids is 1. The fourth-order valence-corrected chi connectivity index (χ4v) is 2.49. The summed E-state index contributed by atoms with van der Waals surface area (Å²) in [5, 5.41) is 10.7. The molecular formula is C11H10INO3. The Kier molecular flexibility index (Phi) is 2.79. The minimum absolute atomic E-state index is 0.0584. The van der Waals surface area contributed by atoms with Crippen molar-refractivity contribution in [3.63, 3.8) is 0 Å². The lowest BCUT2D eigenvalue weighted by molar-refractivity contribution is 0.0597. The van der Waals surface area contributed by atoms with Crippen LogP contribution in [0, 0.1) is 3.57 Å². The van der Waals surface area contributed by atoms with Gasteiger partial charge in [0.05, 0.1) is 12.6 Å². The van der Waals surface area contributed by atoms with Gasteiger partial charge in [-0.3, -0.25) is 0 Å². The number of hydrogen-bond acceptors (Lipinski definition) is 3. The topological polar surface area (TPSA) is 51.5 Å². The number of hydrogen-bond donors (Lipinski definition) is 1. The number of ether oxygens (including phenoxy) is 1. The maximum Gasteiger partial charge on any atom is 0.341 e. The minimum Gasteiger partial charge on any atom is -0.507 e. The van der Waals surface area contributed by atoms with Crippen LogP contribution in [0.25, 0.3) is 10.9 Å². The summed E-state index contributed by atoms with van der Waals surface area (Å²) >= 11 is 2.19. The highest BCUT2D eigenvalue weighted by Gasteiger charge is 2.15. The SMILES string of the molecule is COC(=O)c1cc2c(I)cn(C)c2cc1O. The normalized spacial score (nSPS) is 10.7. The first-order chi connectivity index (χ1) is 7.54. The summed E-state index contributed by atoms with van der Waals surface area (Å²) < 4.78 is 7.53. The van der Waals surface area contributed by atoms with Crippen LogP contribution in [-0.4, -0.2) is 22.8 Å². The van der Waals surface area contributed by atoms with Crippen LogP contribution in [0.4, 0.5) is 0 Å². The zero-order chi connectivity index (χ0) is 11.9. The summed E-state index contributed by atoms with van der Waals surface area (Å²) in [5.74, 6) is -0.587. The monoisotopic (exact) mass is 331 g/mol. The highest BCUT2D eigenvalue weighted by molar-refractivity contribution is 14.1. The number of rotatable bonds is 1. The second-order valence-corrected chi connectivity index (χ2v) is 4.63. The van der Waals surface area contributed by atoms with E-state index in [0.717, 1.165) is 14.5 Å². The molecule has 1 N–H and O–H groups in total. The van der Waals surface area contributed by atoms with Crippen molar-refractivity contribution in [2.75, 3.05) is 7.11 Å². The Labute approximate surface area is 106 Å². The molecule has 2 rings (SSSR count). The van der Waals surface area contributed by atoms with E-state index in [4.69, 9.17) is 0 Å². The van der Waals surface area contributed by atoms with Crippen LogP contribution in [0.5, 0.6) is 5.75 Å². The van der Waals surface area contributed by atoms with Crippen LogP contribution < -0.4 is 0 Å². The predicted octanol–water partition coefficient (Wildman–Crippen LogP) is 2.28. The van der Waals surface area contributed by atoms with Gasteiger partial charge in [-0.1, -0.05) is 0 Å². The molecule has 0 atom stereocenters. The lowest BCUT2D eigenvalue weighted by Crippen LogP contribution is -2.01. The van der Waals surface area contributed by atoms with Crippen molar-refractivity contribution < 1.29 is 14.6 Å². The maximum absolute atomic E-state index is 11.4. The van der Waals surface area contributed by atoms with Gasteiger partial charge in [-0.2, -0.15) is 0 Å². The van der Waals surface area contributed by atoms with Crippen molar-refractivity contribution >= 4 is 39.5 Å². The molecule has 2 aromatic rings. The largest absolute Gasteiger partial charge is 0.507 e. The maximum atomic E-state index is 11.4. The Hall–Kier alpha value is -1.24. The smallest absolute Gasteiger partial charge is 0.341 e. The van der Waals surface area contributed by atoms with Crippen molar-refractivity contribution in [1.29, 1.82) is 0 Å². The molecule has 1 heterocycles. The van der Waals surface area contributed by atoms with Crippen molar-refractivity contribution in [3.8, 4) is 5.75 Å². The quantitative estimate of drug-likeness (QED) is 0.644. The Balaban J connectivity index is 2.75. The highest BCUT2D eigenvalue weighted by atomic mass is 127. The lowest BCUT2D eigenvalue weighted by atomic mass is 10.1. The number of aryl methyl sites for hydroxylation is 1. The molecule has 1 aromatic carbocycles. The number of aromatic nitrogens is 1. The summed E-state index contributed by atoms with van der Waals surface area (Å²) in [7, 11) is 3.18. The molecule has 0 amide bonds. The van der Waals surface area contributed by atoms with Crippen LogP contribution in [0.1, 0.15) is 10.4 Å². The van der Waals surface area contributed by atoms with Gasteiger partial charge >= 0.3 is 5.97 Å². The summed E-state index contributed by atoms with van der Waals surface area (Å²) in [6, 6.07) is 3.22. The van der Waals surface area contributed by atoms with Gasteiger partial charge in [0.25, 0.3) is 0 Å². The van der Waals surface area contributed by atoms with Crippen LogP contribution in [0.3, 0.4) is 0 Å². The average Bonchev–Trinajstić information content (AvgIpc) is 2.52. The van der Waals surface area contributed by atoms with Crippen LogP contribution in [0.2, 0.25) is 0 Å². The van der Waals surface area contributed by atoms with Crippen LogP contribution in [0.15, 0.2) is 18.3 Å². The average molecular weight is 331 g/mol. The third-order valence-electron chi connectivity index (χ3n) is 2.46. The number of esters is 1. The first-order valence-corrected chi connectivity index (χ1v) is 5.68. The van der Waals surface area contributed by atoms with Gasteiger partial charge in [0.15, 0.2) is 0 Å². The van der Waals surface area contributed by atoms with Crippen molar-refractivity contribution in [2.45, 2.75) is 0 Å². The molecule has 0 aliphatic heterocycles. The standard InChI is InChI=1S/C11H10INO3/c1-13-5-8(12)6-3-7(11(15)16-2)10(14)4-9(6)13/h3-5,14H,1-2H3. The molecule has 0 unspecified atom stereocenters. The number of halogens is 1. The summed E-state index contributed by atoms with van der Waals surface area (Å²) in [6.07, 6.45) is 1.94. The van der Waals surface area contributed by atoms with Gasteiger partial charge in [-0.05, 0) is 28.7 Å². The minimum atomic E-state index is -0.529. The van der Waals surface area contributed by atoms with Crippen molar-refractivity contribution in [2.24, 2.45) is 7.05 Å². The van der Waals surface area contributed by atoms with Gasteiger partial charge < -0.3 is 14.4 Å². The predicted molar refractivity (Wildman–Crippen MR) is 68.6 cm³/mol. The molecule has 16 heavy (non-hydrogen) atoms. The van der Waals surface area contributed by atoms with E-state index in [-0.39, 0.29) is 11.3 Å². The highest BCUT2D eigenvalue weighted by Crippen LogP contribution is 2.29. The van der Waals surface area contributed by atoms with E-state index < -0.39 is 5.97 Å². The Morgan fingerprint density at radius 3 is 2.81 bits per heavy atom. The number of benzene rings is 1. The zero-order valence-corrected chi connectivity index (χ0v) is 11.0. The molecular weight excluding hydrogens is 321 g/mol. The third-order valence-corrected chi connectivity index (χ3v) is 3.32. The molecule has 0 aliphatic carbocycles. The number of aromatic hydroxyl groups is 1. The Morgan fingerprint density at radius 1 is 1.50 bits per heavy atom. The molecule has 0 spiro atoms. The first-order valence-electron chi connectivity index (χ1n) is 4.60. The molecule has 0 saturated heterocycles. The van der Waals surface area contributed by atoms with Crippen molar-refractivity contribution in [1.82, 2.24) is 4.57 Å². The number of methoxy groups -OCH3 is 1. The number of phenols is 1. The van der Waals surface area contributed by atoms with Gasteiger partial charge in [-0.25, -0.2) is 4.79 Å². The fourth-order valence-electron chi connectivity index (χ4n) is 1.64. The number of phenolic OH excluding ortho intramolecular Hbond substituents is 1. The third kappa shape index (κ3) is 1.64. The first kappa shape index (κ1) is 11.3. The number of carbonyl (C=O) groups is 1. The number of nitrogens with zero attached hydrogens (tertiary/aromatic N) is 1. The summed E-state index contributed by atoms with van der Waals surface area (Å²) in [6.45, 7) is 0. The molecule has 4 nitrogen and oxygen atoms in total. The molecule has 0 saturated carbocycles. The molecule has 5 heteroatoms. The summed E-state index contributed by atoms with van der Waals surface area (Å²) in [4.78, 5) is 11.4. The van der Waals surface area contributed by atoms with Gasteiger partial charge in [0.1, 0.15) is 11.3 Å². The second-order valence-electron chi connectivity index (χ2n) is 3.47. The van der Waals surface area contributed by atoms with E-state index in [0.29, 0.717) is 0 Å². The van der Waals surface area contributed by atoms with E-state index >= 15 is 0 Å². The van der Waals surface area contributed by atoms with E-state index in [2.05, 4.69) is 27.3 Å². The molecule has 0 radical (unpaired) electrons. The molecule has 0 aliphatic rings. The van der Waals surface area contributed by atoms with Crippen LogP contribution >= 0.6 is 22.6 Å². The van der Waals surface area contributed by atoms with E-state index in [1.807, 2.05) is 17.8 Å². The van der Waals surface area contributed by atoms with Crippen molar-refractivity contribution in [3.05, 3.63) is 27.5 Å². The Morgan fingerprint density at radius 2 is 2.19 bits per heavy atom. The van der Waals surface area contributed by atoms with Gasteiger partial charge in [0, 0.05) is 28.3 Å². The van der Waals surface area contributed by atoms with E-state index in [1.54, 1.807) is 12.1 Å². The Bertz CT molecular complexity index is 574. The van der Waals surface area contributed by atoms with E-state index in [9.17, 15) is 9.90 Å². The zero-order valence-electron chi connectivity index (χ0n) is 8.82. The van der Waals surface area contributed by atoms with E-state index in [1.165, 1.54) is 7.11 Å². The van der Waals surface area contributed by atoms with Gasteiger partial charge in [-0.15, -0.1) is 0 Å². The summed E-state index contributed by atoms with van der Waals surface area (Å²) in [5.41, 5.74) is 1.08. The lowest BCUT2D eigenvalue weighted by Gasteiger charge is -2.04. The molecule has 1 aromatic heterocycles. The molecule has 0 fully saturated rings. The number of fused-ring (bicyclic) bond motifs is 1. The van der Waals surface area contributed by atoms with Crippen LogP contribution in [-0.2, 0) is 11.8 Å². The second kappa shape index (κ2) is 3.97.